The highest BCUT2D eigenvalue weighted by Gasteiger charge is 2.39. The van der Waals surface area contributed by atoms with E-state index in [1.807, 2.05) is 0 Å². The molecule has 1 aliphatic heterocycles. The van der Waals surface area contributed by atoms with Crippen molar-refractivity contribution in [2.45, 2.75) is 12.5 Å². The predicted molar refractivity (Wildman–Crippen MR) is 49.3 cm³/mol. The molecule has 7 heteroatoms. The van der Waals surface area contributed by atoms with Crippen molar-refractivity contribution in [3.05, 3.63) is 29.6 Å². The van der Waals surface area contributed by atoms with Crippen molar-refractivity contribution in [2.24, 2.45) is 0 Å². The van der Waals surface area contributed by atoms with Gasteiger partial charge in [-0.05, 0) is 6.07 Å². The van der Waals surface area contributed by atoms with Gasteiger partial charge >= 0.3 is 6.18 Å². The summed E-state index contributed by atoms with van der Waals surface area (Å²) < 4.78 is 46.8. The second kappa shape index (κ2) is 4.42. The van der Waals surface area contributed by atoms with Crippen LogP contribution in [0.15, 0.2) is 18.5 Å². The molecule has 0 spiro atoms. The van der Waals surface area contributed by atoms with Gasteiger partial charge in [-0.3, -0.25) is 9.78 Å². The Labute approximate surface area is 94.4 Å². The highest BCUT2D eigenvalue weighted by Crippen LogP contribution is 2.26. The molecule has 1 fully saturated rings. The summed E-state index contributed by atoms with van der Waals surface area (Å²) in [5.74, 6) is -1.93. The Morgan fingerprint density at radius 1 is 1.29 bits per heavy atom. The van der Waals surface area contributed by atoms with Crippen LogP contribution in [0.5, 0.6) is 0 Å². The Kier molecular flexibility index (Phi) is 3.12. The van der Waals surface area contributed by atoms with E-state index in [2.05, 4.69) is 4.98 Å². The normalized spacial score (nSPS) is 17.4. The molecule has 1 aliphatic rings. The van der Waals surface area contributed by atoms with E-state index in [-0.39, 0.29) is 0 Å². The van der Waals surface area contributed by atoms with E-state index in [0.29, 0.717) is 18.8 Å². The Hall–Kier alpha value is -1.47. The first-order valence-electron chi connectivity index (χ1n) is 4.78. The molecule has 1 aromatic heterocycles. The number of ether oxygens (including phenoxy) is 2. The number of halogens is 3. The Morgan fingerprint density at radius 3 is 2.53 bits per heavy atom. The fourth-order valence-corrected chi connectivity index (χ4v) is 1.43. The fraction of sp³-hybridized carbons (Fsp3) is 0.400. The molecule has 0 saturated carbocycles. The SMILES string of the molecule is O=C(c1cncc(C2OCCO2)c1)C(F)(F)F. The van der Waals surface area contributed by atoms with Crippen molar-refractivity contribution in [1.82, 2.24) is 4.98 Å². The first-order valence-corrected chi connectivity index (χ1v) is 4.78. The van der Waals surface area contributed by atoms with Crippen LogP contribution in [-0.4, -0.2) is 30.2 Å². The van der Waals surface area contributed by atoms with E-state index in [0.717, 1.165) is 12.3 Å². The van der Waals surface area contributed by atoms with Crippen LogP contribution in [0.1, 0.15) is 22.2 Å². The summed E-state index contributed by atoms with van der Waals surface area (Å²) in [5.41, 5.74) is -0.216. The van der Waals surface area contributed by atoms with Gasteiger partial charge in [0.15, 0.2) is 6.29 Å². The summed E-state index contributed by atoms with van der Waals surface area (Å²) in [6.45, 7) is 0.726. The van der Waals surface area contributed by atoms with Gasteiger partial charge in [-0.15, -0.1) is 0 Å². The molecular weight excluding hydrogens is 239 g/mol. The van der Waals surface area contributed by atoms with Crippen LogP contribution in [0.2, 0.25) is 0 Å². The number of Topliss-reactive ketones (excluding diaryl/α,β-unsaturated/α-hetero) is 1. The topological polar surface area (TPSA) is 48.4 Å². The largest absolute Gasteiger partial charge is 0.454 e. The molecule has 0 aromatic carbocycles. The number of nitrogens with zero attached hydrogens (tertiary/aromatic N) is 1. The molecule has 2 rings (SSSR count). The zero-order chi connectivity index (χ0) is 12.5. The minimum Gasteiger partial charge on any atom is -0.346 e. The van der Waals surface area contributed by atoms with E-state index < -0.39 is 23.8 Å². The van der Waals surface area contributed by atoms with Crippen LogP contribution < -0.4 is 0 Å². The third kappa shape index (κ3) is 2.62. The van der Waals surface area contributed by atoms with Gasteiger partial charge in [-0.1, -0.05) is 0 Å². The maximum absolute atomic E-state index is 12.2. The van der Waals surface area contributed by atoms with Crippen LogP contribution in [0.25, 0.3) is 0 Å². The number of hydrogen-bond donors (Lipinski definition) is 0. The van der Waals surface area contributed by atoms with Gasteiger partial charge in [0.25, 0.3) is 5.78 Å². The van der Waals surface area contributed by atoms with Gasteiger partial charge in [0.2, 0.25) is 0 Å². The molecule has 0 aliphatic carbocycles. The number of carbonyl (C=O) groups excluding carboxylic acids is 1. The second-order valence-corrected chi connectivity index (χ2v) is 3.41. The lowest BCUT2D eigenvalue weighted by Crippen LogP contribution is -2.23. The van der Waals surface area contributed by atoms with Crippen LogP contribution >= 0.6 is 0 Å². The highest BCUT2D eigenvalue weighted by atomic mass is 19.4. The van der Waals surface area contributed by atoms with Crippen molar-refractivity contribution in [3.63, 3.8) is 0 Å². The fourth-order valence-electron chi connectivity index (χ4n) is 1.43. The van der Waals surface area contributed by atoms with Crippen LogP contribution in [0.4, 0.5) is 13.2 Å². The first kappa shape index (κ1) is 12.0. The number of aromatic nitrogens is 1. The standard InChI is InChI=1S/C10H8F3NO3/c11-10(12,13)8(15)6-3-7(5-14-4-6)9-16-1-2-17-9/h3-5,9H,1-2H2. The molecule has 2 heterocycles. The van der Waals surface area contributed by atoms with Crippen molar-refractivity contribution < 1.29 is 27.4 Å². The second-order valence-electron chi connectivity index (χ2n) is 3.41. The monoisotopic (exact) mass is 247 g/mol. The molecule has 0 bridgehead atoms. The van der Waals surface area contributed by atoms with Crippen LogP contribution in [0.3, 0.4) is 0 Å². The van der Waals surface area contributed by atoms with Gasteiger partial charge < -0.3 is 9.47 Å². The predicted octanol–water partition coefficient (Wildman–Crippen LogP) is 1.87. The molecule has 1 aromatic rings. The van der Waals surface area contributed by atoms with Gasteiger partial charge in [-0.25, -0.2) is 0 Å². The third-order valence-corrected chi connectivity index (χ3v) is 2.17. The van der Waals surface area contributed by atoms with Crippen molar-refractivity contribution >= 4 is 5.78 Å². The van der Waals surface area contributed by atoms with Gasteiger partial charge in [0.1, 0.15) is 0 Å². The molecule has 0 atom stereocenters. The zero-order valence-electron chi connectivity index (χ0n) is 8.53. The quantitative estimate of drug-likeness (QED) is 0.748. The summed E-state index contributed by atoms with van der Waals surface area (Å²) >= 11 is 0. The molecular formula is C10H8F3NO3. The number of rotatable bonds is 2. The first-order chi connectivity index (χ1) is 7.98. The van der Waals surface area contributed by atoms with Crippen LogP contribution in [0, 0.1) is 0 Å². The Morgan fingerprint density at radius 2 is 1.94 bits per heavy atom. The maximum atomic E-state index is 12.2. The lowest BCUT2D eigenvalue weighted by molar-refractivity contribution is -0.0886. The van der Waals surface area contributed by atoms with E-state index in [1.54, 1.807) is 0 Å². The molecule has 17 heavy (non-hydrogen) atoms. The van der Waals surface area contributed by atoms with E-state index in [1.165, 1.54) is 6.20 Å². The summed E-state index contributed by atoms with van der Waals surface area (Å²) in [4.78, 5) is 14.6. The van der Waals surface area contributed by atoms with Crippen molar-refractivity contribution in [2.75, 3.05) is 13.2 Å². The molecule has 4 nitrogen and oxygen atoms in total. The lowest BCUT2D eigenvalue weighted by Gasteiger charge is -2.10. The number of hydrogen-bond acceptors (Lipinski definition) is 4. The van der Waals surface area contributed by atoms with E-state index >= 15 is 0 Å². The molecule has 92 valence electrons. The van der Waals surface area contributed by atoms with E-state index in [4.69, 9.17) is 9.47 Å². The van der Waals surface area contributed by atoms with Crippen molar-refractivity contribution in [1.29, 1.82) is 0 Å². The summed E-state index contributed by atoms with van der Waals surface area (Å²) in [7, 11) is 0. The molecule has 0 N–H and O–H groups in total. The van der Waals surface area contributed by atoms with Crippen molar-refractivity contribution in [3.8, 4) is 0 Å². The number of carbonyl (C=O) groups is 1. The molecule has 0 unspecified atom stereocenters. The molecule has 0 amide bonds. The Balaban J connectivity index is 2.25. The maximum Gasteiger partial charge on any atom is 0.454 e. The zero-order valence-corrected chi connectivity index (χ0v) is 8.53. The summed E-state index contributed by atoms with van der Waals surface area (Å²) in [5, 5.41) is 0. The summed E-state index contributed by atoms with van der Waals surface area (Å²) in [6, 6.07) is 1.08. The van der Waals surface area contributed by atoms with Gasteiger partial charge in [0, 0.05) is 23.5 Å². The minimum atomic E-state index is -4.91. The number of alkyl halides is 3. The van der Waals surface area contributed by atoms with E-state index in [9.17, 15) is 18.0 Å². The average Bonchev–Trinajstić information content (AvgIpc) is 2.80. The van der Waals surface area contributed by atoms with Crippen LogP contribution in [-0.2, 0) is 9.47 Å². The number of ketones is 1. The highest BCUT2D eigenvalue weighted by molar-refractivity contribution is 6.00. The molecule has 1 saturated heterocycles. The Bertz CT molecular complexity index is 427. The lowest BCUT2D eigenvalue weighted by atomic mass is 10.1. The number of pyridine rings is 1. The third-order valence-electron chi connectivity index (χ3n) is 2.17. The van der Waals surface area contributed by atoms with Gasteiger partial charge in [-0.2, -0.15) is 13.2 Å². The average molecular weight is 247 g/mol. The minimum absolute atomic E-state index is 0.303. The van der Waals surface area contributed by atoms with Gasteiger partial charge in [0.05, 0.1) is 13.2 Å². The summed E-state index contributed by atoms with van der Waals surface area (Å²) in [6.07, 6.45) is -3.47. The smallest absolute Gasteiger partial charge is 0.346 e. The molecule has 0 radical (unpaired) electrons.